The fraction of sp³-hybridized carbons (Fsp3) is 0.464. The molecule has 1 fully saturated rings. The summed E-state index contributed by atoms with van der Waals surface area (Å²) in [6.07, 6.45) is 6.39. The Morgan fingerprint density at radius 3 is 2.43 bits per heavy atom. The van der Waals surface area contributed by atoms with Crippen LogP contribution in [-0.2, 0) is 4.79 Å². The van der Waals surface area contributed by atoms with Crippen molar-refractivity contribution in [2.24, 2.45) is 4.99 Å². The van der Waals surface area contributed by atoms with Gasteiger partial charge in [-0.1, -0.05) is 26.0 Å². The number of nitrogens with zero attached hydrogens (tertiary/aromatic N) is 5. The van der Waals surface area contributed by atoms with Gasteiger partial charge in [0.2, 0.25) is 0 Å². The molecule has 5 rings (SSSR count). The molecule has 0 aliphatic carbocycles. The van der Waals surface area contributed by atoms with E-state index in [0.29, 0.717) is 31.3 Å². The second-order valence-corrected chi connectivity index (χ2v) is 9.70. The summed E-state index contributed by atoms with van der Waals surface area (Å²) < 4.78 is 15.8. The molecule has 0 N–H and O–H groups in total. The number of fused-ring (bicyclic) bond motifs is 1. The zero-order valence-electron chi connectivity index (χ0n) is 20.7. The average Bonchev–Trinajstić information content (AvgIpc) is 3.45. The standard InChI is InChI=1S/C28H34FN5O/c1-3-28(4-2)27(35)33(26(31-28)21-10-12-22(29)13-11-21)17-7-16-32-18-14-23(15-19-32)34-20-30-24-8-5-6-9-25(24)34/h5-6,8-13,20,23H,3-4,7,14-19H2,1-2H3. The van der Waals surface area contributed by atoms with E-state index in [9.17, 15) is 9.18 Å². The number of likely N-dealkylation sites (tertiary alicyclic amines) is 1. The van der Waals surface area contributed by atoms with Gasteiger partial charge in [-0.3, -0.25) is 14.7 Å². The Balaban J connectivity index is 1.20. The summed E-state index contributed by atoms with van der Waals surface area (Å²) in [6.45, 7) is 7.69. The molecule has 1 aromatic heterocycles. The fourth-order valence-electron chi connectivity index (χ4n) is 5.54. The van der Waals surface area contributed by atoms with Gasteiger partial charge in [-0.25, -0.2) is 9.37 Å². The maximum absolute atomic E-state index is 13.5. The summed E-state index contributed by atoms with van der Waals surface area (Å²) in [4.78, 5) is 27.2. The summed E-state index contributed by atoms with van der Waals surface area (Å²) in [7, 11) is 0. The molecule has 6 nitrogen and oxygen atoms in total. The molecule has 3 aromatic rings. The largest absolute Gasteiger partial charge is 0.327 e. The molecule has 7 heteroatoms. The Bertz CT molecular complexity index is 1210. The van der Waals surface area contributed by atoms with Crippen molar-refractivity contribution in [3.8, 4) is 0 Å². The Kier molecular flexibility index (Phi) is 6.69. The second-order valence-electron chi connectivity index (χ2n) is 9.70. The Morgan fingerprint density at radius 2 is 1.71 bits per heavy atom. The zero-order valence-corrected chi connectivity index (χ0v) is 20.7. The number of piperidine rings is 1. The van der Waals surface area contributed by atoms with Gasteiger partial charge >= 0.3 is 0 Å². The molecule has 35 heavy (non-hydrogen) atoms. The lowest BCUT2D eigenvalue weighted by Crippen LogP contribution is -2.43. The van der Waals surface area contributed by atoms with Gasteiger partial charge in [-0.05, 0) is 75.0 Å². The molecule has 0 unspecified atom stereocenters. The van der Waals surface area contributed by atoms with Crippen LogP contribution in [0, 0.1) is 5.82 Å². The first-order valence-corrected chi connectivity index (χ1v) is 12.9. The molecule has 2 aliphatic heterocycles. The van der Waals surface area contributed by atoms with Gasteiger partial charge in [-0.2, -0.15) is 0 Å². The molecule has 2 aromatic carbocycles. The van der Waals surface area contributed by atoms with Crippen molar-refractivity contribution in [3.05, 3.63) is 66.2 Å². The van der Waals surface area contributed by atoms with Crippen molar-refractivity contribution in [1.82, 2.24) is 19.4 Å². The van der Waals surface area contributed by atoms with Crippen LogP contribution >= 0.6 is 0 Å². The van der Waals surface area contributed by atoms with Gasteiger partial charge in [-0.15, -0.1) is 0 Å². The Hall–Kier alpha value is -3.06. The van der Waals surface area contributed by atoms with Crippen LogP contribution in [0.2, 0.25) is 0 Å². The van der Waals surface area contributed by atoms with Gasteiger partial charge in [0.15, 0.2) is 0 Å². The van der Waals surface area contributed by atoms with Crippen LogP contribution in [0.25, 0.3) is 11.0 Å². The van der Waals surface area contributed by atoms with Gasteiger partial charge < -0.3 is 9.47 Å². The minimum Gasteiger partial charge on any atom is -0.327 e. The number of aromatic nitrogens is 2. The van der Waals surface area contributed by atoms with E-state index in [1.165, 1.54) is 17.6 Å². The molecular weight excluding hydrogens is 441 g/mol. The highest BCUT2D eigenvalue weighted by atomic mass is 19.1. The van der Waals surface area contributed by atoms with Crippen LogP contribution in [-0.4, -0.2) is 62.8 Å². The molecule has 3 heterocycles. The Morgan fingerprint density at radius 1 is 1.00 bits per heavy atom. The van der Waals surface area contributed by atoms with Crippen molar-refractivity contribution in [2.45, 2.75) is 57.5 Å². The van der Waals surface area contributed by atoms with Gasteiger partial charge in [0.1, 0.15) is 17.2 Å². The number of para-hydroxylation sites is 2. The predicted molar refractivity (Wildman–Crippen MR) is 137 cm³/mol. The summed E-state index contributed by atoms with van der Waals surface area (Å²) in [5.74, 6) is 0.478. The lowest BCUT2D eigenvalue weighted by molar-refractivity contribution is -0.131. The first-order chi connectivity index (χ1) is 17.0. The third kappa shape index (κ3) is 4.49. The number of halogens is 1. The van der Waals surface area contributed by atoms with E-state index < -0.39 is 5.54 Å². The number of amides is 1. The van der Waals surface area contributed by atoms with Crippen molar-refractivity contribution in [3.63, 3.8) is 0 Å². The number of benzene rings is 2. The molecule has 2 aliphatic rings. The normalized spacial score (nSPS) is 19.0. The Labute approximate surface area is 206 Å². The van der Waals surface area contributed by atoms with Gasteiger partial charge in [0, 0.05) is 31.2 Å². The summed E-state index contributed by atoms with van der Waals surface area (Å²) >= 11 is 0. The minimum absolute atomic E-state index is 0.0764. The number of rotatable bonds is 8. The molecule has 1 saturated heterocycles. The summed E-state index contributed by atoms with van der Waals surface area (Å²) in [5, 5.41) is 0. The van der Waals surface area contributed by atoms with E-state index in [-0.39, 0.29) is 11.7 Å². The summed E-state index contributed by atoms with van der Waals surface area (Å²) in [5.41, 5.74) is 2.37. The molecule has 0 saturated carbocycles. The third-order valence-corrected chi connectivity index (χ3v) is 7.78. The monoisotopic (exact) mass is 475 g/mol. The second kappa shape index (κ2) is 9.90. The number of carbonyl (C=O) groups excluding carboxylic acids is 1. The smallest absolute Gasteiger partial charge is 0.256 e. The molecule has 0 bridgehead atoms. The van der Waals surface area contributed by atoms with E-state index in [4.69, 9.17) is 4.99 Å². The SMILES string of the molecule is CCC1(CC)N=C(c2ccc(F)cc2)N(CCCN2CCC(n3cnc4ccccc43)CC2)C1=O. The van der Waals surface area contributed by atoms with Crippen LogP contribution in [0.1, 0.15) is 57.6 Å². The average molecular weight is 476 g/mol. The van der Waals surface area contributed by atoms with Crippen LogP contribution in [0.5, 0.6) is 0 Å². The van der Waals surface area contributed by atoms with E-state index in [1.54, 1.807) is 12.1 Å². The fourth-order valence-corrected chi connectivity index (χ4v) is 5.54. The van der Waals surface area contributed by atoms with Gasteiger partial charge in [0.05, 0.1) is 17.4 Å². The van der Waals surface area contributed by atoms with Crippen molar-refractivity contribution < 1.29 is 9.18 Å². The quantitative estimate of drug-likeness (QED) is 0.458. The molecule has 0 radical (unpaired) electrons. The number of imidazole rings is 1. The molecule has 184 valence electrons. The van der Waals surface area contributed by atoms with Gasteiger partial charge in [0.25, 0.3) is 5.91 Å². The first kappa shape index (κ1) is 23.7. The highest BCUT2D eigenvalue weighted by molar-refractivity contribution is 6.15. The van der Waals surface area contributed by atoms with Crippen LogP contribution in [0.4, 0.5) is 4.39 Å². The molecule has 0 spiro atoms. The topological polar surface area (TPSA) is 53.7 Å². The lowest BCUT2D eigenvalue weighted by Gasteiger charge is -2.33. The molecule has 0 atom stereocenters. The van der Waals surface area contributed by atoms with Crippen molar-refractivity contribution in [1.29, 1.82) is 0 Å². The number of carbonyl (C=O) groups is 1. The van der Waals surface area contributed by atoms with Crippen LogP contribution in [0.15, 0.2) is 59.9 Å². The highest BCUT2D eigenvalue weighted by Crippen LogP contribution is 2.32. The van der Waals surface area contributed by atoms with Crippen LogP contribution in [0.3, 0.4) is 0 Å². The number of aliphatic imine (C=N–C) groups is 1. The molecule has 1 amide bonds. The third-order valence-electron chi connectivity index (χ3n) is 7.78. The van der Waals surface area contributed by atoms with Crippen molar-refractivity contribution in [2.75, 3.05) is 26.2 Å². The van der Waals surface area contributed by atoms with E-state index in [1.807, 2.05) is 31.1 Å². The number of hydrogen-bond acceptors (Lipinski definition) is 4. The lowest BCUT2D eigenvalue weighted by atomic mass is 9.93. The van der Waals surface area contributed by atoms with E-state index in [2.05, 4.69) is 32.7 Å². The first-order valence-electron chi connectivity index (χ1n) is 12.9. The zero-order chi connectivity index (χ0) is 24.4. The predicted octanol–water partition coefficient (Wildman–Crippen LogP) is 5.05. The van der Waals surface area contributed by atoms with E-state index >= 15 is 0 Å². The maximum Gasteiger partial charge on any atom is 0.256 e. The van der Waals surface area contributed by atoms with Crippen LogP contribution < -0.4 is 0 Å². The maximum atomic E-state index is 13.5. The molecular formula is C28H34FN5O. The van der Waals surface area contributed by atoms with Crippen molar-refractivity contribution >= 4 is 22.8 Å². The highest BCUT2D eigenvalue weighted by Gasteiger charge is 2.45. The number of hydrogen-bond donors (Lipinski definition) is 0. The summed E-state index contributed by atoms with van der Waals surface area (Å²) in [6, 6.07) is 15.1. The van der Waals surface area contributed by atoms with E-state index in [0.717, 1.165) is 50.0 Å². The number of amidine groups is 1. The minimum atomic E-state index is -0.699.